The van der Waals surface area contributed by atoms with Crippen molar-refractivity contribution in [3.8, 4) is 6.07 Å². The maximum absolute atomic E-state index is 13.7. The van der Waals surface area contributed by atoms with Crippen LogP contribution in [0.1, 0.15) is 16.8 Å². The number of aliphatic hydroxyl groups excluding tert-OH is 1. The predicted octanol–water partition coefficient (Wildman–Crippen LogP) is 2.55. The second-order valence-electron chi connectivity index (χ2n) is 6.50. The van der Waals surface area contributed by atoms with Gasteiger partial charge in [0.15, 0.2) is 11.5 Å². The fourth-order valence-electron chi connectivity index (χ4n) is 3.85. The van der Waals surface area contributed by atoms with Crippen LogP contribution in [0, 0.1) is 17.1 Å². The zero-order valence-corrected chi connectivity index (χ0v) is 14.2. The van der Waals surface area contributed by atoms with Gasteiger partial charge in [-0.2, -0.15) is 5.26 Å². The molecule has 2 aliphatic rings. The number of pyridine rings is 1. The number of benzene rings is 1. The lowest BCUT2D eigenvalue weighted by Crippen LogP contribution is -2.46. The van der Waals surface area contributed by atoms with Crippen molar-refractivity contribution in [3.05, 3.63) is 58.4 Å². The average Bonchev–Trinajstić information content (AvgIpc) is 2.90. The van der Waals surface area contributed by atoms with Gasteiger partial charge in [0.05, 0.1) is 49.1 Å². The highest BCUT2D eigenvalue weighted by Crippen LogP contribution is 2.46. The first-order valence-corrected chi connectivity index (χ1v) is 8.03. The van der Waals surface area contributed by atoms with Crippen molar-refractivity contribution in [3.63, 3.8) is 0 Å². The van der Waals surface area contributed by atoms with E-state index in [0.717, 1.165) is 0 Å². The quantitative estimate of drug-likeness (QED) is 0.630. The SMILES string of the molecule is COC(=O)C1=CC(O)=C2c3c(nc4ccc(F)cc4c3C#N)CC[N+]12C. The third-order valence-electron chi connectivity index (χ3n) is 5.10. The molecule has 1 unspecified atom stereocenters. The number of nitriles is 1. The summed E-state index contributed by atoms with van der Waals surface area (Å²) in [4.78, 5) is 16.7. The molecule has 1 N–H and O–H groups in total. The fraction of sp³-hybridized carbons (Fsp3) is 0.211. The van der Waals surface area contributed by atoms with Crippen molar-refractivity contribution in [1.29, 1.82) is 5.26 Å². The number of carbonyl (C=O) groups is 1. The normalized spacial score (nSPS) is 21.1. The van der Waals surface area contributed by atoms with Crippen LogP contribution < -0.4 is 0 Å². The zero-order valence-electron chi connectivity index (χ0n) is 14.2. The largest absolute Gasteiger partial charge is 0.503 e. The summed E-state index contributed by atoms with van der Waals surface area (Å²) in [6.45, 7) is 0.484. The van der Waals surface area contributed by atoms with Gasteiger partial charge in [-0.3, -0.25) is 9.47 Å². The van der Waals surface area contributed by atoms with Crippen LogP contribution >= 0.6 is 0 Å². The summed E-state index contributed by atoms with van der Waals surface area (Å²) in [6, 6.07) is 6.24. The predicted molar refractivity (Wildman–Crippen MR) is 90.8 cm³/mol. The molecule has 0 aliphatic carbocycles. The molecule has 1 aromatic carbocycles. The molecule has 2 aromatic rings. The number of rotatable bonds is 1. The summed E-state index contributed by atoms with van der Waals surface area (Å²) in [6.07, 6.45) is 1.87. The molecule has 0 fully saturated rings. The zero-order chi connectivity index (χ0) is 18.6. The lowest BCUT2D eigenvalue weighted by molar-refractivity contribution is -0.795. The van der Waals surface area contributed by atoms with E-state index < -0.39 is 11.8 Å². The number of fused-ring (bicyclic) bond motifs is 4. The summed E-state index contributed by atoms with van der Waals surface area (Å²) in [5, 5.41) is 20.7. The molecule has 0 saturated heterocycles. The van der Waals surface area contributed by atoms with Crippen LogP contribution in [-0.4, -0.2) is 41.2 Å². The number of aliphatic hydroxyl groups is 1. The van der Waals surface area contributed by atoms with E-state index in [2.05, 4.69) is 11.1 Å². The molecular weight excluding hydrogens is 337 g/mol. The first kappa shape index (κ1) is 16.2. The average molecular weight is 352 g/mol. The molecule has 0 saturated carbocycles. The van der Waals surface area contributed by atoms with Crippen LogP contribution in [0.2, 0.25) is 0 Å². The van der Waals surface area contributed by atoms with Crippen molar-refractivity contribution in [2.45, 2.75) is 6.42 Å². The number of hydrogen-bond donors (Lipinski definition) is 1. The third kappa shape index (κ3) is 1.99. The van der Waals surface area contributed by atoms with Crippen molar-refractivity contribution in [2.75, 3.05) is 20.7 Å². The molecule has 0 spiro atoms. The fourth-order valence-corrected chi connectivity index (χ4v) is 3.85. The number of aromatic nitrogens is 1. The van der Waals surface area contributed by atoms with Gasteiger partial charge in [0.25, 0.3) is 0 Å². The van der Waals surface area contributed by atoms with Crippen molar-refractivity contribution < 1.29 is 23.5 Å². The van der Waals surface area contributed by atoms with Gasteiger partial charge in [-0.1, -0.05) is 0 Å². The minimum absolute atomic E-state index is 0.0166. The molecule has 0 bridgehead atoms. The Bertz CT molecular complexity index is 1100. The number of ether oxygens (including phenoxy) is 1. The maximum atomic E-state index is 13.7. The highest BCUT2D eigenvalue weighted by atomic mass is 19.1. The second-order valence-corrected chi connectivity index (χ2v) is 6.50. The Morgan fingerprint density at radius 3 is 2.92 bits per heavy atom. The summed E-state index contributed by atoms with van der Waals surface area (Å²) >= 11 is 0. The van der Waals surface area contributed by atoms with E-state index in [9.17, 15) is 19.6 Å². The number of halogens is 1. The topological polar surface area (TPSA) is 83.2 Å². The number of carbonyl (C=O) groups excluding carboxylic acids is 1. The summed E-state index contributed by atoms with van der Waals surface area (Å²) in [5.41, 5.74) is 2.59. The van der Waals surface area contributed by atoms with Gasteiger partial charge in [-0.05, 0) is 18.2 Å². The van der Waals surface area contributed by atoms with Gasteiger partial charge in [-0.25, -0.2) is 9.18 Å². The molecule has 26 heavy (non-hydrogen) atoms. The number of quaternary nitrogens is 1. The van der Waals surface area contributed by atoms with E-state index >= 15 is 0 Å². The van der Waals surface area contributed by atoms with Gasteiger partial charge in [-0.15, -0.1) is 0 Å². The molecule has 7 heteroatoms. The summed E-state index contributed by atoms with van der Waals surface area (Å²) < 4.78 is 18.6. The molecule has 2 aliphatic heterocycles. The molecule has 3 heterocycles. The molecule has 0 radical (unpaired) electrons. The third-order valence-corrected chi connectivity index (χ3v) is 5.10. The lowest BCUT2D eigenvalue weighted by Gasteiger charge is -2.37. The Kier molecular flexibility index (Phi) is 3.36. The minimum Gasteiger partial charge on any atom is -0.503 e. The molecule has 1 aromatic heterocycles. The van der Waals surface area contributed by atoms with Crippen molar-refractivity contribution >= 4 is 22.6 Å². The second kappa shape index (κ2) is 5.38. The Morgan fingerprint density at radius 2 is 2.23 bits per heavy atom. The van der Waals surface area contributed by atoms with E-state index in [1.54, 1.807) is 7.05 Å². The number of nitrogens with zero attached hydrogens (tertiary/aromatic N) is 3. The van der Waals surface area contributed by atoms with E-state index in [1.807, 2.05) is 0 Å². The van der Waals surface area contributed by atoms with Gasteiger partial charge in [0.2, 0.25) is 5.70 Å². The molecule has 0 amide bonds. The van der Waals surface area contributed by atoms with E-state index in [1.165, 1.54) is 31.4 Å². The standard InChI is InChI=1S/C19H14FN3O3/c1-23-6-5-14-17(18(23)16(24)8-15(23)19(25)26-2)12(9-21)11-7-10(20)3-4-13(11)22-14/h3-4,7-8H,5-6H2,1-2H3/p+1. The van der Waals surface area contributed by atoms with Crippen LogP contribution in [0.3, 0.4) is 0 Å². The van der Waals surface area contributed by atoms with Crippen molar-refractivity contribution in [2.24, 2.45) is 0 Å². The van der Waals surface area contributed by atoms with Gasteiger partial charge < -0.3 is 9.84 Å². The Morgan fingerprint density at radius 1 is 1.46 bits per heavy atom. The minimum atomic E-state index is -0.546. The number of esters is 1. The number of methoxy groups -OCH3 is 1. The highest BCUT2D eigenvalue weighted by molar-refractivity contribution is 5.94. The van der Waals surface area contributed by atoms with Crippen LogP contribution in [0.15, 0.2) is 35.7 Å². The highest BCUT2D eigenvalue weighted by Gasteiger charge is 2.50. The van der Waals surface area contributed by atoms with E-state index in [-0.39, 0.29) is 21.5 Å². The molecule has 130 valence electrons. The molecular formula is C19H15FN3O3+. The molecule has 4 rings (SSSR count). The first-order valence-electron chi connectivity index (χ1n) is 8.03. The van der Waals surface area contributed by atoms with Crippen LogP contribution in [-0.2, 0) is 16.0 Å². The van der Waals surface area contributed by atoms with E-state index in [4.69, 9.17) is 4.74 Å². The van der Waals surface area contributed by atoms with Gasteiger partial charge in [0, 0.05) is 11.8 Å². The number of likely N-dealkylation sites (N-methyl/N-ethyl adjacent to an activating group) is 1. The Balaban J connectivity index is 2.04. The van der Waals surface area contributed by atoms with Gasteiger partial charge in [0.1, 0.15) is 11.9 Å². The monoisotopic (exact) mass is 352 g/mol. The van der Waals surface area contributed by atoms with Gasteiger partial charge >= 0.3 is 5.97 Å². The number of allylic oxidation sites excluding steroid dienone is 1. The Hall–Kier alpha value is -3.24. The Labute approximate surface area is 148 Å². The van der Waals surface area contributed by atoms with Crippen molar-refractivity contribution in [1.82, 2.24) is 4.98 Å². The molecule has 6 nitrogen and oxygen atoms in total. The lowest BCUT2D eigenvalue weighted by atomic mass is 9.92. The molecule has 1 atom stereocenters. The maximum Gasteiger partial charge on any atom is 0.393 e. The smallest absolute Gasteiger partial charge is 0.393 e. The van der Waals surface area contributed by atoms with Crippen LogP contribution in [0.25, 0.3) is 16.6 Å². The first-order chi connectivity index (χ1) is 12.4. The summed E-state index contributed by atoms with van der Waals surface area (Å²) in [7, 11) is 3.06. The van der Waals surface area contributed by atoms with Crippen LogP contribution in [0.4, 0.5) is 4.39 Å². The summed E-state index contributed by atoms with van der Waals surface area (Å²) in [5.74, 6) is -1.12. The van der Waals surface area contributed by atoms with Crippen LogP contribution in [0.5, 0.6) is 0 Å². The van der Waals surface area contributed by atoms with E-state index in [0.29, 0.717) is 40.8 Å². The number of hydrogen-bond acceptors (Lipinski definition) is 5.